The van der Waals surface area contributed by atoms with Crippen molar-refractivity contribution in [1.82, 2.24) is 0 Å². The van der Waals surface area contributed by atoms with Crippen LogP contribution in [0.5, 0.6) is 0 Å². The summed E-state index contributed by atoms with van der Waals surface area (Å²) in [6.45, 7) is 0. The predicted molar refractivity (Wildman–Crippen MR) is 73.2 cm³/mol. The zero-order chi connectivity index (χ0) is 15.0. The highest BCUT2D eigenvalue weighted by Crippen LogP contribution is 2.11. The molecular weight excluding hydrogens is 262 g/mol. The van der Waals surface area contributed by atoms with Crippen molar-refractivity contribution in [3.8, 4) is 0 Å². The lowest BCUT2D eigenvalue weighted by atomic mass is 10.2. The summed E-state index contributed by atoms with van der Waals surface area (Å²) < 4.78 is 0. The van der Waals surface area contributed by atoms with Gasteiger partial charge in [-0.15, -0.1) is 0 Å². The van der Waals surface area contributed by atoms with E-state index in [0.717, 1.165) is 6.08 Å². The number of nitrogens with one attached hydrogen (secondary N) is 1. The maximum absolute atomic E-state index is 11.5. The summed E-state index contributed by atoms with van der Waals surface area (Å²) in [5.74, 6) is -2.20. The Morgan fingerprint density at radius 1 is 1.05 bits per heavy atom. The lowest BCUT2D eigenvalue weighted by molar-refractivity contribution is -0.137. The molecule has 1 rings (SSSR count). The van der Waals surface area contributed by atoms with Crippen LogP contribution >= 0.6 is 0 Å². The zero-order valence-corrected chi connectivity index (χ0v) is 10.7. The Balaban J connectivity index is 2.46. The monoisotopic (exact) mass is 277 g/mol. The van der Waals surface area contributed by atoms with Crippen LogP contribution < -0.4 is 5.32 Å². The van der Waals surface area contributed by atoms with Crippen molar-refractivity contribution in [3.63, 3.8) is 0 Å². The smallest absolute Gasteiger partial charge is 0.328 e. The Bertz CT molecular complexity index is 519. The number of amides is 1. The van der Waals surface area contributed by atoms with E-state index in [-0.39, 0.29) is 18.7 Å². The van der Waals surface area contributed by atoms with Crippen molar-refractivity contribution in [2.24, 2.45) is 0 Å². The third kappa shape index (κ3) is 6.34. The third-order valence-corrected chi connectivity index (χ3v) is 2.41. The van der Waals surface area contributed by atoms with E-state index in [0.29, 0.717) is 17.7 Å². The molecule has 6 nitrogen and oxygen atoms in total. The van der Waals surface area contributed by atoms with Crippen molar-refractivity contribution in [3.05, 3.63) is 35.9 Å². The quantitative estimate of drug-likeness (QED) is 0.661. The minimum atomic E-state index is -1.03. The molecule has 0 heterocycles. The Hall–Kier alpha value is -2.63. The SMILES string of the molecule is O=C(O)/C=C/c1ccc(NC(=O)CCCC(=O)O)cc1. The molecule has 0 aliphatic carbocycles. The lowest BCUT2D eigenvalue weighted by Crippen LogP contribution is -2.11. The highest BCUT2D eigenvalue weighted by Gasteiger charge is 2.04. The number of anilines is 1. The molecule has 106 valence electrons. The van der Waals surface area contributed by atoms with E-state index in [1.807, 2.05) is 0 Å². The number of rotatable bonds is 7. The first-order valence-electron chi connectivity index (χ1n) is 6.00. The number of hydrogen-bond acceptors (Lipinski definition) is 3. The molecule has 0 fully saturated rings. The molecule has 0 unspecified atom stereocenters. The molecular formula is C14H15NO5. The molecule has 1 aromatic carbocycles. The zero-order valence-electron chi connectivity index (χ0n) is 10.7. The molecule has 3 N–H and O–H groups in total. The molecule has 1 amide bonds. The molecule has 0 aliphatic rings. The van der Waals surface area contributed by atoms with Gasteiger partial charge < -0.3 is 15.5 Å². The first-order valence-corrected chi connectivity index (χ1v) is 6.00. The van der Waals surface area contributed by atoms with Gasteiger partial charge in [0.2, 0.25) is 5.91 Å². The van der Waals surface area contributed by atoms with Crippen LogP contribution in [0.1, 0.15) is 24.8 Å². The van der Waals surface area contributed by atoms with Crippen LogP contribution in [0.15, 0.2) is 30.3 Å². The highest BCUT2D eigenvalue weighted by molar-refractivity contribution is 5.91. The van der Waals surface area contributed by atoms with Gasteiger partial charge in [-0.1, -0.05) is 12.1 Å². The Labute approximate surface area is 115 Å². The van der Waals surface area contributed by atoms with Crippen LogP contribution in [0.2, 0.25) is 0 Å². The second-order valence-corrected chi connectivity index (χ2v) is 4.09. The van der Waals surface area contributed by atoms with Gasteiger partial charge >= 0.3 is 11.9 Å². The predicted octanol–water partition coefficient (Wildman–Crippen LogP) is 1.98. The van der Waals surface area contributed by atoms with E-state index in [9.17, 15) is 14.4 Å². The largest absolute Gasteiger partial charge is 0.481 e. The van der Waals surface area contributed by atoms with Gasteiger partial charge in [0.15, 0.2) is 0 Å². The number of carbonyl (C=O) groups excluding carboxylic acids is 1. The third-order valence-electron chi connectivity index (χ3n) is 2.41. The van der Waals surface area contributed by atoms with Gasteiger partial charge in [-0.2, -0.15) is 0 Å². The number of carboxylic acid groups (broad SMARTS) is 2. The normalized spacial score (nSPS) is 10.4. The summed E-state index contributed by atoms with van der Waals surface area (Å²) >= 11 is 0. The second kappa shape index (κ2) is 7.73. The van der Waals surface area contributed by atoms with Crippen LogP contribution in [-0.4, -0.2) is 28.1 Å². The molecule has 0 radical (unpaired) electrons. The minimum Gasteiger partial charge on any atom is -0.481 e. The molecule has 20 heavy (non-hydrogen) atoms. The number of carboxylic acids is 2. The van der Waals surface area contributed by atoms with Crippen LogP contribution in [0.25, 0.3) is 6.08 Å². The summed E-state index contributed by atoms with van der Waals surface area (Å²) in [5.41, 5.74) is 1.29. The molecule has 0 spiro atoms. The average Bonchev–Trinajstić information content (AvgIpc) is 2.37. The molecule has 0 aromatic heterocycles. The highest BCUT2D eigenvalue weighted by atomic mass is 16.4. The number of carbonyl (C=O) groups is 3. The number of aliphatic carboxylic acids is 2. The van der Waals surface area contributed by atoms with Gasteiger partial charge in [-0.05, 0) is 30.2 Å². The van der Waals surface area contributed by atoms with E-state index in [4.69, 9.17) is 10.2 Å². The number of benzene rings is 1. The van der Waals surface area contributed by atoms with Crippen LogP contribution in [0.3, 0.4) is 0 Å². The fourth-order valence-electron chi connectivity index (χ4n) is 1.47. The van der Waals surface area contributed by atoms with Crippen molar-refractivity contribution in [2.75, 3.05) is 5.32 Å². The van der Waals surface area contributed by atoms with Gasteiger partial charge in [0, 0.05) is 24.6 Å². The van der Waals surface area contributed by atoms with Crippen LogP contribution in [-0.2, 0) is 14.4 Å². The summed E-state index contributed by atoms with van der Waals surface area (Å²) in [6.07, 6.45) is 2.88. The summed E-state index contributed by atoms with van der Waals surface area (Å²) in [4.78, 5) is 32.2. The van der Waals surface area contributed by atoms with E-state index < -0.39 is 11.9 Å². The molecule has 0 aliphatic heterocycles. The van der Waals surface area contributed by atoms with E-state index >= 15 is 0 Å². The fourth-order valence-corrected chi connectivity index (χ4v) is 1.47. The number of hydrogen-bond donors (Lipinski definition) is 3. The first-order chi connectivity index (χ1) is 9.47. The Morgan fingerprint density at radius 2 is 1.70 bits per heavy atom. The van der Waals surface area contributed by atoms with Gasteiger partial charge in [0.25, 0.3) is 0 Å². The minimum absolute atomic E-state index is 0.0354. The van der Waals surface area contributed by atoms with Crippen molar-refractivity contribution in [1.29, 1.82) is 0 Å². The molecule has 6 heteroatoms. The van der Waals surface area contributed by atoms with Crippen LogP contribution in [0, 0.1) is 0 Å². The maximum atomic E-state index is 11.5. The fraction of sp³-hybridized carbons (Fsp3) is 0.214. The van der Waals surface area contributed by atoms with E-state index in [2.05, 4.69) is 5.32 Å². The van der Waals surface area contributed by atoms with Crippen LogP contribution in [0.4, 0.5) is 5.69 Å². The standard InChI is InChI=1S/C14H15NO5/c16-12(2-1-3-13(17)18)15-11-7-4-10(5-8-11)6-9-14(19)20/h4-9H,1-3H2,(H,15,16)(H,17,18)(H,19,20)/b9-6+. The second-order valence-electron chi connectivity index (χ2n) is 4.09. The summed E-state index contributed by atoms with van der Waals surface area (Å²) in [6, 6.07) is 6.64. The van der Waals surface area contributed by atoms with Gasteiger partial charge in [-0.25, -0.2) is 4.79 Å². The van der Waals surface area contributed by atoms with Crippen molar-refractivity contribution >= 4 is 29.6 Å². The Kier molecular flexibility index (Phi) is 5.96. The summed E-state index contributed by atoms with van der Waals surface area (Å²) in [5, 5.41) is 19.6. The van der Waals surface area contributed by atoms with E-state index in [1.54, 1.807) is 24.3 Å². The molecule has 0 saturated carbocycles. The molecule has 0 bridgehead atoms. The average molecular weight is 277 g/mol. The van der Waals surface area contributed by atoms with E-state index in [1.165, 1.54) is 6.08 Å². The summed E-state index contributed by atoms with van der Waals surface area (Å²) in [7, 11) is 0. The topological polar surface area (TPSA) is 104 Å². The molecule has 1 aromatic rings. The molecule has 0 atom stereocenters. The van der Waals surface area contributed by atoms with Crippen molar-refractivity contribution < 1.29 is 24.6 Å². The lowest BCUT2D eigenvalue weighted by Gasteiger charge is -2.04. The first kappa shape index (κ1) is 15.4. The van der Waals surface area contributed by atoms with Gasteiger partial charge in [0.05, 0.1) is 0 Å². The van der Waals surface area contributed by atoms with Gasteiger partial charge in [0.1, 0.15) is 0 Å². The molecule has 0 saturated heterocycles. The van der Waals surface area contributed by atoms with Gasteiger partial charge in [-0.3, -0.25) is 9.59 Å². The Morgan fingerprint density at radius 3 is 2.25 bits per heavy atom. The maximum Gasteiger partial charge on any atom is 0.328 e. The van der Waals surface area contributed by atoms with Crippen molar-refractivity contribution in [2.45, 2.75) is 19.3 Å².